The van der Waals surface area contributed by atoms with Gasteiger partial charge < -0.3 is 9.88 Å². The molecule has 1 fully saturated rings. The minimum absolute atomic E-state index is 0.0842. The van der Waals surface area contributed by atoms with Crippen LogP contribution in [0, 0.1) is 19.7 Å². The van der Waals surface area contributed by atoms with Gasteiger partial charge in [-0.1, -0.05) is 29.8 Å². The van der Waals surface area contributed by atoms with E-state index in [4.69, 9.17) is 16.6 Å². The third kappa shape index (κ3) is 5.99. The number of aryl methyl sites for hydroxylation is 2. The molecule has 1 aliphatic rings. The van der Waals surface area contributed by atoms with Gasteiger partial charge in [0.2, 0.25) is 6.41 Å². The minimum atomic E-state index is -0.309. The molecule has 0 radical (unpaired) electrons. The summed E-state index contributed by atoms with van der Waals surface area (Å²) in [5.41, 5.74) is 4.69. The Morgan fingerprint density at radius 2 is 1.95 bits per heavy atom. The fourth-order valence-corrected chi connectivity index (χ4v) is 5.94. The predicted molar refractivity (Wildman–Crippen MR) is 153 cm³/mol. The fourth-order valence-electron chi connectivity index (χ4n) is 5.07. The smallest absolute Gasteiger partial charge is 0.207 e. The van der Waals surface area contributed by atoms with E-state index < -0.39 is 0 Å². The molecule has 1 amide bonds. The van der Waals surface area contributed by atoms with Gasteiger partial charge in [0, 0.05) is 18.3 Å². The maximum absolute atomic E-state index is 14.8. The normalized spacial score (nSPS) is 16.9. The molecule has 0 aliphatic heterocycles. The Balaban J connectivity index is 0.000000384. The molecule has 6 rings (SSSR count). The van der Waals surface area contributed by atoms with Crippen molar-refractivity contribution in [2.24, 2.45) is 0 Å². The van der Waals surface area contributed by atoms with E-state index in [0.717, 1.165) is 63.9 Å². The number of benzene rings is 1. The molecular formula is C29H28ClFN6OS. The highest BCUT2D eigenvalue weighted by atomic mass is 35.5. The highest BCUT2D eigenvalue weighted by molar-refractivity contribution is 7.15. The molecule has 10 heteroatoms. The number of hydrogen-bond donors (Lipinski definition) is 1. The molecule has 0 bridgehead atoms. The van der Waals surface area contributed by atoms with Crippen LogP contribution in [0.5, 0.6) is 0 Å². The molecule has 2 unspecified atom stereocenters. The van der Waals surface area contributed by atoms with Crippen LogP contribution in [-0.4, -0.2) is 37.0 Å². The highest BCUT2D eigenvalue weighted by Gasteiger charge is 2.28. The van der Waals surface area contributed by atoms with Crippen molar-refractivity contribution in [2.45, 2.75) is 51.6 Å². The number of thiazole rings is 1. The Morgan fingerprint density at radius 1 is 1.10 bits per heavy atom. The minimum Gasteiger partial charge on any atom is -0.356 e. The molecule has 1 saturated carbocycles. The fraction of sp³-hybridized carbons (Fsp3) is 0.276. The number of aromatic nitrogens is 5. The predicted octanol–water partition coefficient (Wildman–Crippen LogP) is 6.94. The number of hydrogen-bond acceptors (Lipinski definition) is 6. The summed E-state index contributed by atoms with van der Waals surface area (Å²) < 4.78 is 17.7. The molecule has 4 aromatic heterocycles. The Bertz CT molecular complexity index is 1590. The van der Waals surface area contributed by atoms with Crippen LogP contribution in [0.25, 0.3) is 33.8 Å². The van der Waals surface area contributed by atoms with E-state index >= 15 is 0 Å². The number of nitrogens with one attached hydrogen (secondary N) is 1. The molecule has 7 nitrogen and oxygen atoms in total. The molecule has 200 valence electrons. The molecule has 5 aromatic rings. The first kappa shape index (κ1) is 26.9. The van der Waals surface area contributed by atoms with Gasteiger partial charge >= 0.3 is 0 Å². The quantitative estimate of drug-likeness (QED) is 0.234. The lowest BCUT2D eigenvalue weighted by molar-refractivity contribution is -0.110. The molecule has 4 heterocycles. The van der Waals surface area contributed by atoms with Crippen LogP contribution in [0.4, 0.5) is 4.39 Å². The molecule has 0 spiro atoms. The van der Waals surface area contributed by atoms with Crippen molar-refractivity contribution in [2.75, 3.05) is 0 Å². The maximum atomic E-state index is 14.8. The summed E-state index contributed by atoms with van der Waals surface area (Å²) in [6.45, 7) is 3.93. The summed E-state index contributed by atoms with van der Waals surface area (Å²) >= 11 is 7.01. The summed E-state index contributed by atoms with van der Waals surface area (Å²) in [4.78, 5) is 28.9. The third-order valence-electron chi connectivity index (χ3n) is 6.85. The van der Waals surface area contributed by atoms with E-state index in [0.29, 0.717) is 16.9 Å². The summed E-state index contributed by atoms with van der Waals surface area (Å²) in [6.07, 6.45) is 9.54. The molecule has 1 aromatic carbocycles. The number of fused-ring (bicyclic) bond motifs is 1. The van der Waals surface area contributed by atoms with Crippen molar-refractivity contribution in [1.29, 1.82) is 0 Å². The van der Waals surface area contributed by atoms with Gasteiger partial charge in [0.1, 0.15) is 21.5 Å². The Hall–Kier alpha value is -3.69. The average Bonchev–Trinajstić information content (AvgIpc) is 3.51. The van der Waals surface area contributed by atoms with E-state index in [1.165, 1.54) is 17.4 Å². The van der Waals surface area contributed by atoms with Crippen molar-refractivity contribution in [3.8, 4) is 22.8 Å². The summed E-state index contributed by atoms with van der Waals surface area (Å²) in [5, 5.41) is 3.95. The summed E-state index contributed by atoms with van der Waals surface area (Å²) in [7, 11) is 0. The number of halogens is 2. The van der Waals surface area contributed by atoms with E-state index in [1.807, 2.05) is 38.1 Å². The number of carbonyl (C=O) groups excluding carboxylic acids is 1. The number of nitrogens with zero attached hydrogens (tertiary/aromatic N) is 5. The first-order valence-corrected chi connectivity index (χ1v) is 14.0. The van der Waals surface area contributed by atoms with Crippen LogP contribution in [0.15, 0.2) is 61.1 Å². The zero-order chi connectivity index (χ0) is 27.4. The monoisotopic (exact) mass is 562 g/mol. The largest absolute Gasteiger partial charge is 0.356 e. The summed E-state index contributed by atoms with van der Waals surface area (Å²) in [5.74, 6) is 0.280. The van der Waals surface area contributed by atoms with E-state index in [9.17, 15) is 9.18 Å². The van der Waals surface area contributed by atoms with Gasteiger partial charge in [0.05, 0.1) is 39.9 Å². The van der Waals surface area contributed by atoms with Crippen LogP contribution in [0.2, 0.25) is 4.34 Å². The molecule has 0 saturated heterocycles. The lowest BCUT2D eigenvalue weighted by Crippen LogP contribution is -2.34. The summed E-state index contributed by atoms with van der Waals surface area (Å²) in [6, 6.07) is 12.8. The van der Waals surface area contributed by atoms with Crippen LogP contribution >= 0.6 is 22.9 Å². The van der Waals surface area contributed by atoms with Gasteiger partial charge in [-0.2, -0.15) is 0 Å². The second kappa shape index (κ2) is 12.0. The lowest BCUT2D eigenvalue weighted by Gasteiger charge is -2.31. The van der Waals surface area contributed by atoms with Gasteiger partial charge in [-0.05, 0) is 69.4 Å². The highest BCUT2D eigenvalue weighted by Crippen LogP contribution is 2.37. The van der Waals surface area contributed by atoms with Gasteiger partial charge in [-0.3, -0.25) is 14.8 Å². The van der Waals surface area contributed by atoms with Crippen LogP contribution in [-0.2, 0) is 4.79 Å². The van der Waals surface area contributed by atoms with Crippen LogP contribution in [0.1, 0.15) is 42.3 Å². The van der Waals surface area contributed by atoms with Gasteiger partial charge in [-0.15, -0.1) is 11.3 Å². The first-order valence-electron chi connectivity index (χ1n) is 12.8. The van der Waals surface area contributed by atoms with Crippen LogP contribution in [0.3, 0.4) is 0 Å². The lowest BCUT2D eigenvalue weighted by atomic mass is 9.90. The van der Waals surface area contributed by atoms with Crippen molar-refractivity contribution in [1.82, 2.24) is 29.8 Å². The SMILES string of the molecule is Cc1cccnc1-c1cc2c(cn1)nc(-c1ccccc1F)n2C1CCCC(NC=O)C1.Cc1ncc(Cl)s1. The van der Waals surface area contributed by atoms with Crippen LogP contribution < -0.4 is 5.32 Å². The number of pyridine rings is 2. The van der Waals surface area contributed by atoms with Gasteiger partial charge in [0.25, 0.3) is 0 Å². The van der Waals surface area contributed by atoms with Crippen molar-refractivity contribution in [3.05, 3.63) is 81.8 Å². The van der Waals surface area contributed by atoms with Gasteiger partial charge in [0.15, 0.2) is 0 Å². The third-order valence-corrected chi connectivity index (χ3v) is 7.88. The number of carbonyl (C=O) groups is 1. The average molecular weight is 563 g/mol. The van der Waals surface area contributed by atoms with Crippen molar-refractivity contribution in [3.63, 3.8) is 0 Å². The van der Waals surface area contributed by atoms with Gasteiger partial charge in [-0.25, -0.2) is 14.4 Å². The van der Waals surface area contributed by atoms with Crippen molar-refractivity contribution < 1.29 is 9.18 Å². The molecule has 39 heavy (non-hydrogen) atoms. The number of rotatable bonds is 5. The Labute approximate surface area is 235 Å². The molecule has 2 atom stereocenters. The molecule has 1 N–H and O–H groups in total. The Morgan fingerprint density at radius 3 is 2.64 bits per heavy atom. The number of imidazole rings is 1. The van der Waals surface area contributed by atoms with E-state index in [1.54, 1.807) is 30.7 Å². The number of amides is 1. The second-order valence-electron chi connectivity index (χ2n) is 9.50. The first-order chi connectivity index (χ1) is 18.9. The molecular weight excluding hydrogens is 535 g/mol. The topological polar surface area (TPSA) is 85.6 Å². The van der Waals surface area contributed by atoms with E-state index in [2.05, 4.69) is 24.8 Å². The second-order valence-corrected chi connectivity index (χ2v) is 11.4. The molecule has 1 aliphatic carbocycles. The maximum Gasteiger partial charge on any atom is 0.207 e. The Kier molecular flexibility index (Phi) is 8.28. The van der Waals surface area contributed by atoms with E-state index in [-0.39, 0.29) is 17.9 Å². The zero-order valence-electron chi connectivity index (χ0n) is 21.6. The zero-order valence-corrected chi connectivity index (χ0v) is 23.2. The standard InChI is InChI=1S/C25H24FN5O.C4H4ClNS/c1-16-6-5-11-27-24(16)21-13-23-22(14-28-21)30-25(19-9-2-3-10-20(19)26)31(23)18-8-4-7-17(12-18)29-15-32;1-3-6-2-4(5)7-3/h2-3,5-6,9-11,13-15,17-18H,4,7-8,12H2,1H3,(H,29,32);2H,1H3. The van der Waals surface area contributed by atoms with Crippen molar-refractivity contribution >= 4 is 40.4 Å².